The number of nitrogens with zero attached hydrogens (tertiary/aromatic N) is 2. The molecule has 16 heavy (non-hydrogen) atoms. The molecule has 0 saturated heterocycles. The maximum Gasteiger partial charge on any atom is 0.0951 e. The van der Waals surface area contributed by atoms with Crippen molar-refractivity contribution in [3.8, 4) is 0 Å². The smallest absolute Gasteiger partial charge is 0.0951 e. The Balaban J connectivity index is 2.70. The lowest BCUT2D eigenvalue weighted by Gasteiger charge is -2.20. The molecular weight excluding hydrogens is 200 g/mol. The predicted octanol–water partition coefficient (Wildman–Crippen LogP) is 1.63. The third kappa shape index (κ3) is 3.18. The molecule has 1 rings (SSSR count). The van der Waals surface area contributed by atoms with Gasteiger partial charge in [0.05, 0.1) is 18.1 Å². The topological polar surface area (TPSA) is 55.9 Å². The Labute approximate surface area is 97.6 Å². The van der Waals surface area contributed by atoms with Crippen LogP contribution in [0.4, 0.5) is 0 Å². The fraction of sp³-hybridized carbons (Fsp3) is 0.583. The van der Waals surface area contributed by atoms with Crippen molar-refractivity contribution in [2.75, 3.05) is 13.1 Å². The van der Waals surface area contributed by atoms with Gasteiger partial charge in [-0.05, 0) is 26.8 Å². The molecule has 0 radical (unpaired) electrons. The highest BCUT2D eigenvalue weighted by Gasteiger charge is 2.14. The van der Waals surface area contributed by atoms with Crippen LogP contribution in [0, 0.1) is 0 Å². The second-order valence-corrected chi connectivity index (χ2v) is 4.14. The van der Waals surface area contributed by atoms with Gasteiger partial charge in [0, 0.05) is 18.8 Å². The van der Waals surface area contributed by atoms with Crippen molar-refractivity contribution in [1.29, 1.82) is 0 Å². The summed E-state index contributed by atoms with van der Waals surface area (Å²) in [7, 11) is 0. The van der Waals surface area contributed by atoms with E-state index in [-0.39, 0.29) is 6.04 Å². The molecule has 0 amide bonds. The summed E-state index contributed by atoms with van der Waals surface area (Å²) in [5.74, 6) is 0. The normalized spacial score (nSPS) is 13.0. The summed E-state index contributed by atoms with van der Waals surface area (Å²) in [5, 5.41) is 3.41. The number of hydrogen-bond acceptors (Lipinski definition) is 3. The van der Waals surface area contributed by atoms with Gasteiger partial charge >= 0.3 is 0 Å². The lowest BCUT2D eigenvalue weighted by Crippen LogP contribution is -2.30. The SMILES string of the molecule is C=CCCNC(CN)c1cncn1C(C)C. The zero-order valence-electron chi connectivity index (χ0n) is 10.2. The summed E-state index contributed by atoms with van der Waals surface area (Å²) in [6.45, 7) is 9.46. The zero-order valence-corrected chi connectivity index (χ0v) is 10.2. The van der Waals surface area contributed by atoms with Gasteiger partial charge in [-0.15, -0.1) is 6.58 Å². The average molecular weight is 222 g/mol. The summed E-state index contributed by atoms with van der Waals surface area (Å²) < 4.78 is 2.15. The first-order valence-corrected chi connectivity index (χ1v) is 5.76. The van der Waals surface area contributed by atoms with E-state index in [2.05, 4.69) is 35.3 Å². The Bertz CT molecular complexity index is 317. The van der Waals surface area contributed by atoms with Gasteiger partial charge in [0.2, 0.25) is 0 Å². The van der Waals surface area contributed by atoms with E-state index in [1.54, 1.807) is 0 Å². The minimum absolute atomic E-state index is 0.171. The van der Waals surface area contributed by atoms with Crippen molar-refractivity contribution in [1.82, 2.24) is 14.9 Å². The second-order valence-electron chi connectivity index (χ2n) is 4.14. The van der Waals surface area contributed by atoms with Crippen LogP contribution in [0.5, 0.6) is 0 Å². The van der Waals surface area contributed by atoms with Crippen LogP contribution < -0.4 is 11.1 Å². The Morgan fingerprint density at radius 3 is 2.94 bits per heavy atom. The minimum atomic E-state index is 0.171. The molecule has 4 nitrogen and oxygen atoms in total. The first-order chi connectivity index (χ1) is 7.70. The third-order valence-electron chi connectivity index (χ3n) is 2.58. The maximum absolute atomic E-state index is 5.79. The van der Waals surface area contributed by atoms with Crippen molar-refractivity contribution >= 4 is 0 Å². The predicted molar refractivity (Wildman–Crippen MR) is 67.2 cm³/mol. The molecule has 0 bridgehead atoms. The van der Waals surface area contributed by atoms with Crippen LogP contribution in [0.2, 0.25) is 0 Å². The summed E-state index contributed by atoms with van der Waals surface area (Å²) in [6.07, 6.45) is 6.60. The molecule has 1 aromatic heterocycles. The van der Waals surface area contributed by atoms with Gasteiger partial charge in [-0.1, -0.05) is 6.08 Å². The van der Waals surface area contributed by atoms with E-state index in [9.17, 15) is 0 Å². The van der Waals surface area contributed by atoms with Crippen LogP contribution in [0.3, 0.4) is 0 Å². The van der Waals surface area contributed by atoms with Crippen LogP contribution in [0.15, 0.2) is 25.2 Å². The van der Waals surface area contributed by atoms with E-state index in [1.807, 2.05) is 18.6 Å². The van der Waals surface area contributed by atoms with Crippen LogP contribution in [-0.2, 0) is 0 Å². The molecule has 1 atom stereocenters. The van der Waals surface area contributed by atoms with E-state index in [4.69, 9.17) is 5.73 Å². The quantitative estimate of drug-likeness (QED) is 0.544. The maximum atomic E-state index is 5.79. The third-order valence-corrected chi connectivity index (χ3v) is 2.58. The largest absolute Gasteiger partial charge is 0.331 e. The first-order valence-electron chi connectivity index (χ1n) is 5.76. The Morgan fingerprint density at radius 2 is 2.38 bits per heavy atom. The summed E-state index contributed by atoms with van der Waals surface area (Å²) in [5.41, 5.74) is 6.94. The lowest BCUT2D eigenvalue weighted by molar-refractivity contribution is 0.482. The van der Waals surface area contributed by atoms with Crippen LogP contribution in [-0.4, -0.2) is 22.6 Å². The summed E-state index contributed by atoms with van der Waals surface area (Å²) in [4.78, 5) is 4.19. The molecule has 90 valence electrons. The van der Waals surface area contributed by atoms with Crippen LogP contribution in [0.25, 0.3) is 0 Å². The van der Waals surface area contributed by atoms with Crippen molar-refractivity contribution < 1.29 is 0 Å². The van der Waals surface area contributed by atoms with Gasteiger partial charge in [0.15, 0.2) is 0 Å². The van der Waals surface area contributed by atoms with E-state index in [1.165, 1.54) is 0 Å². The molecule has 1 aromatic rings. The molecule has 0 saturated carbocycles. The zero-order chi connectivity index (χ0) is 12.0. The molecule has 0 aromatic carbocycles. The Kier molecular flexibility index (Phi) is 5.22. The molecule has 0 fully saturated rings. The van der Waals surface area contributed by atoms with Gasteiger partial charge < -0.3 is 15.6 Å². The summed E-state index contributed by atoms with van der Waals surface area (Å²) >= 11 is 0. The van der Waals surface area contributed by atoms with Gasteiger partial charge in [-0.2, -0.15) is 0 Å². The summed E-state index contributed by atoms with van der Waals surface area (Å²) in [6, 6.07) is 0.581. The van der Waals surface area contributed by atoms with Gasteiger partial charge in [-0.3, -0.25) is 0 Å². The molecular formula is C12H22N4. The van der Waals surface area contributed by atoms with Crippen molar-refractivity contribution in [3.63, 3.8) is 0 Å². The monoisotopic (exact) mass is 222 g/mol. The molecule has 0 spiro atoms. The van der Waals surface area contributed by atoms with Crippen molar-refractivity contribution in [3.05, 3.63) is 30.9 Å². The van der Waals surface area contributed by atoms with E-state index < -0.39 is 0 Å². The fourth-order valence-corrected chi connectivity index (χ4v) is 1.68. The molecule has 4 heteroatoms. The van der Waals surface area contributed by atoms with E-state index in [0.717, 1.165) is 18.7 Å². The van der Waals surface area contributed by atoms with Crippen molar-refractivity contribution in [2.45, 2.75) is 32.4 Å². The van der Waals surface area contributed by atoms with E-state index in [0.29, 0.717) is 12.6 Å². The van der Waals surface area contributed by atoms with Crippen molar-refractivity contribution in [2.24, 2.45) is 5.73 Å². The van der Waals surface area contributed by atoms with Gasteiger partial charge in [0.1, 0.15) is 0 Å². The number of nitrogens with one attached hydrogen (secondary N) is 1. The number of nitrogens with two attached hydrogens (primary N) is 1. The fourth-order valence-electron chi connectivity index (χ4n) is 1.68. The molecule has 0 aliphatic heterocycles. The Morgan fingerprint density at radius 1 is 1.62 bits per heavy atom. The molecule has 1 unspecified atom stereocenters. The average Bonchev–Trinajstić information content (AvgIpc) is 2.73. The number of hydrogen-bond donors (Lipinski definition) is 2. The van der Waals surface area contributed by atoms with Gasteiger partial charge in [-0.25, -0.2) is 4.98 Å². The second kappa shape index (κ2) is 6.45. The highest BCUT2D eigenvalue weighted by molar-refractivity contribution is 5.07. The lowest BCUT2D eigenvalue weighted by atomic mass is 10.2. The van der Waals surface area contributed by atoms with Crippen LogP contribution >= 0.6 is 0 Å². The molecule has 0 aliphatic carbocycles. The first kappa shape index (κ1) is 12.9. The Hall–Kier alpha value is -1.13. The molecule has 0 aliphatic rings. The standard InChI is InChI=1S/C12H22N4/c1-4-5-6-15-11(7-13)12-8-14-9-16(12)10(2)3/h4,8-11,15H,1,5-7,13H2,2-3H3. The number of imidazole rings is 1. The number of aromatic nitrogens is 2. The highest BCUT2D eigenvalue weighted by atomic mass is 15.1. The molecule has 1 heterocycles. The highest BCUT2D eigenvalue weighted by Crippen LogP contribution is 2.16. The van der Waals surface area contributed by atoms with E-state index >= 15 is 0 Å². The number of rotatable bonds is 7. The van der Waals surface area contributed by atoms with Gasteiger partial charge in [0.25, 0.3) is 0 Å². The minimum Gasteiger partial charge on any atom is -0.331 e. The molecule has 3 N–H and O–H groups in total. The van der Waals surface area contributed by atoms with Crippen LogP contribution in [0.1, 0.15) is 38.0 Å².